The largest absolute Gasteiger partial charge is 0.299 e. The first-order chi connectivity index (χ1) is 6.33. The summed E-state index contributed by atoms with van der Waals surface area (Å²) in [6.45, 7) is 9.50. The predicted molar refractivity (Wildman–Crippen MR) is 58.8 cm³/mol. The molecule has 1 heterocycles. The molecule has 0 aromatic carbocycles. The van der Waals surface area contributed by atoms with Gasteiger partial charge in [0.05, 0.1) is 0 Å². The Labute approximate surface area is 81.4 Å². The van der Waals surface area contributed by atoms with E-state index in [9.17, 15) is 0 Å². The molecule has 72 valence electrons. The monoisotopic (exact) mass is 177 g/mol. The van der Waals surface area contributed by atoms with Crippen molar-refractivity contribution in [3.8, 4) is 0 Å². The summed E-state index contributed by atoms with van der Waals surface area (Å²) in [5.74, 6) is 0. The number of nitrogens with zero attached hydrogens (tertiary/aromatic N) is 1. The van der Waals surface area contributed by atoms with Gasteiger partial charge in [-0.1, -0.05) is 36.5 Å². The maximum atomic E-state index is 3.63. The first kappa shape index (κ1) is 10.3. The van der Waals surface area contributed by atoms with Crippen LogP contribution in [0.1, 0.15) is 19.8 Å². The number of hydrogen-bond donors (Lipinski definition) is 0. The van der Waals surface area contributed by atoms with Crippen LogP contribution in [0.25, 0.3) is 0 Å². The van der Waals surface area contributed by atoms with Gasteiger partial charge in [-0.25, -0.2) is 0 Å². The highest BCUT2D eigenvalue weighted by Crippen LogP contribution is 2.09. The Morgan fingerprint density at radius 1 is 1.31 bits per heavy atom. The summed E-state index contributed by atoms with van der Waals surface area (Å²) in [4.78, 5) is 2.51. The van der Waals surface area contributed by atoms with E-state index in [-0.39, 0.29) is 0 Å². The van der Waals surface area contributed by atoms with E-state index in [2.05, 4.69) is 30.6 Å². The molecule has 0 radical (unpaired) electrons. The minimum absolute atomic E-state index is 1.13. The molecule has 1 fully saturated rings. The van der Waals surface area contributed by atoms with Crippen LogP contribution < -0.4 is 0 Å². The van der Waals surface area contributed by atoms with E-state index in [0.717, 1.165) is 6.54 Å². The zero-order valence-corrected chi connectivity index (χ0v) is 8.50. The third-order valence-electron chi connectivity index (χ3n) is 2.30. The fourth-order valence-corrected chi connectivity index (χ4v) is 1.64. The average Bonchev–Trinajstić information content (AvgIpc) is 2.57. The number of allylic oxidation sites excluding steroid dienone is 4. The summed E-state index contributed by atoms with van der Waals surface area (Å²) in [7, 11) is 0. The van der Waals surface area contributed by atoms with Crippen molar-refractivity contribution < 1.29 is 0 Å². The van der Waals surface area contributed by atoms with Crippen molar-refractivity contribution in [1.29, 1.82) is 0 Å². The fraction of sp³-hybridized carbons (Fsp3) is 0.500. The predicted octanol–water partition coefficient (Wildman–Crippen LogP) is 2.77. The van der Waals surface area contributed by atoms with Crippen LogP contribution in [-0.4, -0.2) is 24.5 Å². The third-order valence-corrected chi connectivity index (χ3v) is 2.30. The van der Waals surface area contributed by atoms with Gasteiger partial charge >= 0.3 is 0 Å². The highest BCUT2D eigenvalue weighted by molar-refractivity contribution is 5.15. The highest BCUT2D eigenvalue weighted by atomic mass is 15.1. The van der Waals surface area contributed by atoms with Crippen molar-refractivity contribution in [2.75, 3.05) is 19.6 Å². The van der Waals surface area contributed by atoms with Crippen LogP contribution in [0, 0.1) is 0 Å². The van der Waals surface area contributed by atoms with Crippen LogP contribution in [0.15, 0.2) is 36.5 Å². The van der Waals surface area contributed by atoms with E-state index in [1.165, 1.54) is 31.5 Å². The SMILES string of the molecule is C=C/C=C\C=C(/C)CN1CCCC1. The molecule has 0 aliphatic carbocycles. The van der Waals surface area contributed by atoms with Gasteiger partial charge in [-0.05, 0) is 32.9 Å². The summed E-state index contributed by atoms with van der Waals surface area (Å²) in [5.41, 5.74) is 1.43. The van der Waals surface area contributed by atoms with Crippen LogP contribution in [0.5, 0.6) is 0 Å². The maximum Gasteiger partial charge on any atom is 0.0193 e. The molecule has 0 atom stereocenters. The van der Waals surface area contributed by atoms with Gasteiger partial charge in [-0.2, -0.15) is 0 Å². The normalized spacial score (nSPS) is 19.9. The van der Waals surface area contributed by atoms with E-state index >= 15 is 0 Å². The Kier molecular flexibility index (Phi) is 4.55. The molecule has 0 aromatic heterocycles. The van der Waals surface area contributed by atoms with Gasteiger partial charge < -0.3 is 0 Å². The van der Waals surface area contributed by atoms with Crippen LogP contribution in [-0.2, 0) is 0 Å². The molecular formula is C12H19N. The van der Waals surface area contributed by atoms with Crippen LogP contribution in [0.4, 0.5) is 0 Å². The smallest absolute Gasteiger partial charge is 0.0193 e. The van der Waals surface area contributed by atoms with Crippen molar-refractivity contribution in [3.63, 3.8) is 0 Å². The zero-order valence-electron chi connectivity index (χ0n) is 8.50. The Balaban J connectivity index is 2.29. The summed E-state index contributed by atoms with van der Waals surface area (Å²) >= 11 is 0. The van der Waals surface area contributed by atoms with Crippen molar-refractivity contribution in [2.45, 2.75) is 19.8 Å². The first-order valence-electron chi connectivity index (χ1n) is 5.00. The Morgan fingerprint density at radius 3 is 2.62 bits per heavy atom. The molecule has 1 rings (SSSR count). The van der Waals surface area contributed by atoms with Gasteiger partial charge in [0.25, 0.3) is 0 Å². The zero-order chi connectivity index (χ0) is 9.52. The quantitative estimate of drug-likeness (QED) is 0.597. The molecule has 0 unspecified atom stereocenters. The van der Waals surface area contributed by atoms with Crippen LogP contribution in [0.2, 0.25) is 0 Å². The summed E-state index contributed by atoms with van der Waals surface area (Å²) in [6, 6.07) is 0. The Bertz CT molecular complexity index is 207. The summed E-state index contributed by atoms with van der Waals surface area (Å²) in [6.07, 6.45) is 10.7. The molecule has 1 aliphatic heterocycles. The molecule has 1 heteroatoms. The van der Waals surface area contributed by atoms with E-state index < -0.39 is 0 Å². The second kappa shape index (κ2) is 5.76. The van der Waals surface area contributed by atoms with Gasteiger partial charge in [0.2, 0.25) is 0 Å². The topological polar surface area (TPSA) is 3.24 Å². The fourth-order valence-electron chi connectivity index (χ4n) is 1.64. The number of rotatable bonds is 4. The molecule has 0 saturated carbocycles. The average molecular weight is 177 g/mol. The van der Waals surface area contributed by atoms with Gasteiger partial charge in [-0.3, -0.25) is 4.90 Å². The van der Waals surface area contributed by atoms with Gasteiger partial charge in [0, 0.05) is 6.54 Å². The van der Waals surface area contributed by atoms with Gasteiger partial charge in [0.15, 0.2) is 0 Å². The van der Waals surface area contributed by atoms with E-state index in [0.29, 0.717) is 0 Å². The lowest BCUT2D eigenvalue weighted by Crippen LogP contribution is -2.20. The minimum Gasteiger partial charge on any atom is -0.299 e. The summed E-state index contributed by atoms with van der Waals surface area (Å²) < 4.78 is 0. The van der Waals surface area contributed by atoms with Crippen molar-refractivity contribution >= 4 is 0 Å². The third kappa shape index (κ3) is 4.09. The van der Waals surface area contributed by atoms with Crippen molar-refractivity contribution in [2.24, 2.45) is 0 Å². The second-order valence-corrected chi connectivity index (χ2v) is 3.62. The molecule has 1 saturated heterocycles. The lowest BCUT2D eigenvalue weighted by atomic mass is 10.2. The van der Waals surface area contributed by atoms with Gasteiger partial charge in [0.1, 0.15) is 0 Å². The summed E-state index contributed by atoms with van der Waals surface area (Å²) in [5, 5.41) is 0. The lowest BCUT2D eigenvalue weighted by molar-refractivity contribution is 0.368. The van der Waals surface area contributed by atoms with E-state index in [1.54, 1.807) is 6.08 Å². The van der Waals surface area contributed by atoms with E-state index in [4.69, 9.17) is 0 Å². The van der Waals surface area contributed by atoms with Crippen molar-refractivity contribution in [3.05, 3.63) is 36.5 Å². The first-order valence-corrected chi connectivity index (χ1v) is 5.00. The maximum absolute atomic E-state index is 3.63. The Hall–Kier alpha value is -0.820. The van der Waals surface area contributed by atoms with Crippen molar-refractivity contribution in [1.82, 2.24) is 4.90 Å². The molecule has 13 heavy (non-hydrogen) atoms. The molecule has 0 spiro atoms. The lowest BCUT2D eigenvalue weighted by Gasteiger charge is -2.13. The number of hydrogen-bond acceptors (Lipinski definition) is 1. The molecular weight excluding hydrogens is 158 g/mol. The minimum atomic E-state index is 1.13. The molecule has 1 aliphatic rings. The van der Waals surface area contributed by atoms with Crippen LogP contribution >= 0.6 is 0 Å². The van der Waals surface area contributed by atoms with Gasteiger partial charge in [-0.15, -0.1) is 0 Å². The molecule has 1 nitrogen and oxygen atoms in total. The molecule has 0 N–H and O–H groups in total. The van der Waals surface area contributed by atoms with Crippen LogP contribution in [0.3, 0.4) is 0 Å². The molecule has 0 aromatic rings. The second-order valence-electron chi connectivity index (χ2n) is 3.62. The highest BCUT2D eigenvalue weighted by Gasteiger charge is 2.10. The Morgan fingerprint density at radius 2 is 2.00 bits per heavy atom. The standard InChI is InChI=1S/C12H19N/c1-3-4-5-8-12(2)11-13-9-6-7-10-13/h3-5,8H,1,6-7,9-11H2,2H3/b5-4-,12-8+. The molecule has 0 bridgehead atoms. The molecule has 0 amide bonds. The van der Waals surface area contributed by atoms with E-state index in [1.807, 2.05) is 6.08 Å². The number of likely N-dealkylation sites (tertiary alicyclic amines) is 1.